The Morgan fingerprint density at radius 3 is 0.753 bits per heavy atom. The van der Waals surface area contributed by atoms with E-state index in [0.29, 0.717) is 19.3 Å². The van der Waals surface area contributed by atoms with E-state index in [-0.39, 0.29) is 31.1 Å². The van der Waals surface area contributed by atoms with Crippen LogP contribution < -0.4 is 0 Å². The van der Waals surface area contributed by atoms with E-state index in [1.807, 2.05) is 0 Å². The monoisotopic (exact) mass is 1130 g/mol. The van der Waals surface area contributed by atoms with E-state index >= 15 is 0 Å². The molecule has 6 heteroatoms. The van der Waals surface area contributed by atoms with Crippen molar-refractivity contribution < 1.29 is 28.6 Å². The van der Waals surface area contributed by atoms with Crippen molar-refractivity contribution in [2.24, 2.45) is 0 Å². The van der Waals surface area contributed by atoms with E-state index in [0.717, 1.165) is 103 Å². The van der Waals surface area contributed by atoms with E-state index in [2.05, 4.69) is 106 Å². The Labute approximate surface area is 503 Å². The molecule has 0 saturated carbocycles. The van der Waals surface area contributed by atoms with Crippen molar-refractivity contribution in [2.45, 2.75) is 361 Å². The zero-order valence-electron chi connectivity index (χ0n) is 53.8. The van der Waals surface area contributed by atoms with Gasteiger partial charge in [-0.3, -0.25) is 14.4 Å². The fourth-order valence-corrected chi connectivity index (χ4v) is 10.2. The molecule has 468 valence electrons. The molecule has 0 saturated heterocycles. The van der Waals surface area contributed by atoms with Gasteiger partial charge in [0.15, 0.2) is 6.10 Å². The van der Waals surface area contributed by atoms with Crippen LogP contribution in [0.4, 0.5) is 0 Å². The maximum Gasteiger partial charge on any atom is 0.306 e. The Hall–Kier alpha value is -3.41. The van der Waals surface area contributed by atoms with Gasteiger partial charge in [-0.05, 0) is 77.0 Å². The second kappa shape index (κ2) is 69.1. The predicted octanol–water partition coefficient (Wildman–Crippen LogP) is 24.2. The van der Waals surface area contributed by atoms with Gasteiger partial charge >= 0.3 is 17.9 Å². The molecule has 0 fully saturated rings. The second-order valence-corrected chi connectivity index (χ2v) is 23.4. The molecule has 0 radical (unpaired) electrons. The van der Waals surface area contributed by atoms with Crippen LogP contribution in [0.1, 0.15) is 355 Å². The van der Waals surface area contributed by atoms with Gasteiger partial charge in [0.05, 0.1) is 0 Å². The molecule has 0 aromatic rings. The number of hydrogen-bond donors (Lipinski definition) is 0. The molecule has 1 atom stereocenters. The number of ether oxygens (including phenoxy) is 3. The van der Waals surface area contributed by atoms with Gasteiger partial charge in [-0.1, -0.05) is 343 Å². The molecule has 81 heavy (non-hydrogen) atoms. The third kappa shape index (κ3) is 67.3. The minimum absolute atomic E-state index is 0.0694. The van der Waals surface area contributed by atoms with Crippen LogP contribution in [0.15, 0.2) is 85.1 Å². The van der Waals surface area contributed by atoms with Crippen molar-refractivity contribution in [3.8, 4) is 0 Å². The first kappa shape index (κ1) is 77.6. The van der Waals surface area contributed by atoms with Gasteiger partial charge in [-0.2, -0.15) is 0 Å². The van der Waals surface area contributed by atoms with E-state index in [1.54, 1.807) is 0 Å². The van der Waals surface area contributed by atoms with Crippen LogP contribution in [-0.2, 0) is 28.6 Å². The van der Waals surface area contributed by atoms with Crippen LogP contribution in [0.3, 0.4) is 0 Å². The number of unbranched alkanes of at least 4 members (excludes halogenated alkanes) is 39. The summed E-state index contributed by atoms with van der Waals surface area (Å²) in [4.78, 5) is 38.3. The second-order valence-electron chi connectivity index (χ2n) is 23.4. The lowest BCUT2D eigenvalue weighted by molar-refractivity contribution is -0.167. The highest BCUT2D eigenvalue weighted by Gasteiger charge is 2.19. The number of esters is 3. The van der Waals surface area contributed by atoms with Gasteiger partial charge in [0, 0.05) is 19.3 Å². The summed E-state index contributed by atoms with van der Waals surface area (Å²) in [5, 5.41) is 0. The molecule has 0 aliphatic heterocycles. The molecular weight excluding hydrogens is 997 g/mol. The maximum atomic E-state index is 12.9. The van der Waals surface area contributed by atoms with Crippen LogP contribution in [-0.4, -0.2) is 37.2 Å². The van der Waals surface area contributed by atoms with Crippen molar-refractivity contribution >= 4 is 17.9 Å². The van der Waals surface area contributed by atoms with Gasteiger partial charge in [0.1, 0.15) is 13.2 Å². The molecule has 0 aromatic carbocycles. The lowest BCUT2D eigenvalue weighted by atomic mass is 10.0. The molecule has 6 nitrogen and oxygen atoms in total. The van der Waals surface area contributed by atoms with Crippen molar-refractivity contribution in [3.63, 3.8) is 0 Å². The summed E-state index contributed by atoms with van der Waals surface area (Å²) in [6.07, 6.45) is 91.9. The van der Waals surface area contributed by atoms with Crippen molar-refractivity contribution in [2.75, 3.05) is 13.2 Å². The first-order valence-corrected chi connectivity index (χ1v) is 35.1. The molecule has 0 amide bonds. The predicted molar refractivity (Wildman–Crippen MR) is 353 cm³/mol. The van der Waals surface area contributed by atoms with Crippen LogP contribution in [0.25, 0.3) is 0 Å². The van der Waals surface area contributed by atoms with Crippen molar-refractivity contribution in [3.05, 3.63) is 85.1 Å². The molecule has 1 unspecified atom stereocenters. The summed E-state index contributed by atoms with van der Waals surface area (Å²) in [6.45, 7) is 6.57. The number of allylic oxidation sites excluding steroid dienone is 14. The molecule has 0 heterocycles. The SMILES string of the molecule is CC/C=C\C/C=C\C/C=C\C/C=C\C/C=C\C/C=C\C/C=C\CCCCCCCCCCCCCCCC(=O)OCC(COC(=O)CCCCCCCCCCCCC)OC(=O)CCCCCCCCCCCCCCCCCCC. The quantitative estimate of drug-likeness (QED) is 0.0261. The first-order valence-electron chi connectivity index (χ1n) is 35.1. The molecule has 0 rings (SSSR count). The van der Waals surface area contributed by atoms with Crippen LogP contribution >= 0.6 is 0 Å². The van der Waals surface area contributed by atoms with Gasteiger partial charge in [-0.25, -0.2) is 0 Å². The summed E-state index contributed by atoms with van der Waals surface area (Å²) in [7, 11) is 0. The fourth-order valence-electron chi connectivity index (χ4n) is 10.2. The molecule has 0 N–H and O–H groups in total. The van der Waals surface area contributed by atoms with Crippen molar-refractivity contribution in [1.82, 2.24) is 0 Å². The number of carbonyl (C=O) groups excluding carboxylic acids is 3. The first-order chi connectivity index (χ1) is 40.0. The Balaban J connectivity index is 4.13. The number of carbonyl (C=O) groups is 3. The zero-order valence-corrected chi connectivity index (χ0v) is 53.8. The summed E-state index contributed by atoms with van der Waals surface area (Å²) in [5.74, 6) is -0.850. The highest BCUT2D eigenvalue weighted by atomic mass is 16.6. The van der Waals surface area contributed by atoms with Gasteiger partial charge in [-0.15, -0.1) is 0 Å². The summed E-state index contributed by atoms with van der Waals surface area (Å²) in [5.41, 5.74) is 0. The largest absolute Gasteiger partial charge is 0.462 e. The minimum Gasteiger partial charge on any atom is -0.462 e. The standard InChI is InChI=1S/C75H132O6/c1-4-7-10-13-16-19-22-24-26-28-29-30-31-32-33-34-35-36-37-38-39-40-41-42-43-44-45-47-48-50-53-56-59-62-65-68-74(77)80-71-72(70-79-73(76)67-64-61-58-55-52-21-18-15-12-9-6-3)81-75(78)69-66-63-60-57-54-51-49-46-27-25-23-20-17-14-11-8-5-2/h7,10,16,19,24,26,29-30,32-33,35-36,38-39,72H,4-6,8-9,11-15,17-18,20-23,25,27-28,31,34,37,40-71H2,1-3H3/b10-7-,19-16-,26-24-,30-29-,33-32-,36-35-,39-38-. The molecule has 0 spiro atoms. The summed E-state index contributed by atoms with van der Waals surface area (Å²) < 4.78 is 16.9. The van der Waals surface area contributed by atoms with E-state index in [1.165, 1.54) is 212 Å². The smallest absolute Gasteiger partial charge is 0.306 e. The van der Waals surface area contributed by atoms with Gasteiger partial charge < -0.3 is 14.2 Å². The van der Waals surface area contributed by atoms with Crippen LogP contribution in [0.5, 0.6) is 0 Å². The zero-order chi connectivity index (χ0) is 58.5. The number of hydrogen-bond acceptors (Lipinski definition) is 6. The number of rotatable bonds is 64. The Morgan fingerprint density at radius 1 is 0.259 bits per heavy atom. The van der Waals surface area contributed by atoms with E-state index in [4.69, 9.17) is 14.2 Å². The fraction of sp³-hybridized carbons (Fsp3) is 0.773. The van der Waals surface area contributed by atoms with Crippen LogP contribution in [0, 0.1) is 0 Å². The minimum atomic E-state index is -0.772. The summed E-state index contributed by atoms with van der Waals surface area (Å²) in [6, 6.07) is 0. The average molecular weight is 1130 g/mol. The summed E-state index contributed by atoms with van der Waals surface area (Å²) >= 11 is 0. The lowest BCUT2D eigenvalue weighted by Crippen LogP contribution is -2.30. The normalized spacial score (nSPS) is 12.6. The Bertz CT molecular complexity index is 1530. The molecule has 0 aliphatic rings. The Kier molecular flexibility index (Phi) is 66.2. The molecular formula is C75H132O6. The lowest BCUT2D eigenvalue weighted by Gasteiger charge is -2.18. The van der Waals surface area contributed by atoms with E-state index < -0.39 is 6.10 Å². The van der Waals surface area contributed by atoms with Gasteiger partial charge in [0.25, 0.3) is 0 Å². The molecule has 0 aliphatic carbocycles. The maximum absolute atomic E-state index is 12.9. The van der Waals surface area contributed by atoms with Gasteiger partial charge in [0.2, 0.25) is 0 Å². The molecule has 0 aromatic heterocycles. The highest BCUT2D eigenvalue weighted by molar-refractivity contribution is 5.71. The van der Waals surface area contributed by atoms with Crippen molar-refractivity contribution in [1.29, 1.82) is 0 Å². The average Bonchev–Trinajstić information content (AvgIpc) is 3.47. The Morgan fingerprint density at radius 2 is 0.481 bits per heavy atom. The molecule has 0 bridgehead atoms. The third-order valence-corrected chi connectivity index (χ3v) is 15.4. The third-order valence-electron chi connectivity index (χ3n) is 15.4. The van der Waals surface area contributed by atoms with Crippen LogP contribution in [0.2, 0.25) is 0 Å². The highest BCUT2D eigenvalue weighted by Crippen LogP contribution is 2.18. The topological polar surface area (TPSA) is 78.9 Å². The van der Waals surface area contributed by atoms with E-state index in [9.17, 15) is 14.4 Å².